The van der Waals surface area contributed by atoms with E-state index in [2.05, 4.69) is 31.2 Å². The minimum atomic E-state index is 0.173. The summed E-state index contributed by atoms with van der Waals surface area (Å²) in [6.45, 7) is 2.05. The molecule has 1 aromatic heterocycles. The molecule has 0 aliphatic heterocycles. The predicted octanol–water partition coefficient (Wildman–Crippen LogP) is 4.84. The summed E-state index contributed by atoms with van der Waals surface area (Å²) in [5.41, 5.74) is 3.92. The van der Waals surface area contributed by atoms with Gasteiger partial charge in [-0.3, -0.25) is 0 Å². The quantitative estimate of drug-likeness (QED) is 0.641. The molecule has 94 valence electrons. The van der Waals surface area contributed by atoms with Gasteiger partial charge in [-0.2, -0.15) is 0 Å². The van der Waals surface area contributed by atoms with Crippen molar-refractivity contribution in [2.45, 2.75) is 6.92 Å². The third-order valence-corrected chi connectivity index (χ3v) is 3.29. The molecule has 3 heteroatoms. The van der Waals surface area contributed by atoms with Crippen LogP contribution in [-0.2, 0) is 0 Å². The molecule has 0 unspecified atom stereocenters. The first-order valence-corrected chi connectivity index (χ1v) is 6.38. The number of phenolic OH excluding ortho intramolecular Hbond substituents is 1. The monoisotopic (exact) mass is 268 g/mol. The Labute approximate surface area is 115 Å². The van der Waals surface area contributed by atoms with Crippen LogP contribution in [0.5, 0.6) is 5.75 Å². The van der Waals surface area contributed by atoms with Gasteiger partial charge in [0.1, 0.15) is 11.3 Å². The second kappa shape index (κ2) is 4.52. The van der Waals surface area contributed by atoms with Gasteiger partial charge in [0.15, 0.2) is 4.71 Å². The summed E-state index contributed by atoms with van der Waals surface area (Å²) < 4.78 is 5.89. The maximum absolute atomic E-state index is 9.52. The second-order valence-corrected chi connectivity index (χ2v) is 4.93. The van der Waals surface area contributed by atoms with Crippen molar-refractivity contribution in [1.82, 2.24) is 0 Å². The van der Waals surface area contributed by atoms with Crippen LogP contribution in [0.3, 0.4) is 0 Å². The van der Waals surface area contributed by atoms with Crippen LogP contribution < -0.4 is 0 Å². The molecule has 3 aromatic rings. The van der Waals surface area contributed by atoms with Crippen molar-refractivity contribution in [3.63, 3.8) is 0 Å². The van der Waals surface area contributed by atoms with Crippen molar-refractivity contribution in [3.8, 4) is 16.9 Å². The van der Waals surface area contributed by atoms with E-state index < -0.39 is 0 Å². The first-order valence-electron chi connectivity index (χ1n) is 5.97. The summed E-state index contributed by atoms with van der Waals surface area (Å²) in [6.07, 6.45) is 0. The fourth-order valence-corrected chi connectivity index (χ4v) is 2.33. The molecule has 0 amide bonds. The van der Waals surface area contributed by atoms with Gasteiger partial charge in [-0.1, -0.05) is 29.8 Å². The van der Waals surface area contributed by atoms with E-state index in [0.29, 0.717) is 10.3 Å². The second-order valence-electron chi connectivity index (χ2n) is 4.53. The summed E-state index contributed by atoms with van der Waals surface area (Å²) in [4.78, 5) is 0. The number of rotatable bonds is 1. The molecule has 0 spiro atoms. The highest BCUT2D eigenvalue weighted by Gasteiger charge is 2.07. The molecule has 2 nitrogen and oxygen atoms in total. The molecule has 0 bridgehead atoms. The molecule has 0 saturated heterocycles. The molecule has 0 fully saturated rings. The first kappa shape index (κ1) is 11.9. The standard InChI is InChI=1S/C16H12O2S/c1-10-2-4-11(5-3-10)14-9-16(19)18-15-8-12(17)6-7-13(14)15/h2-9,17H,1H3. The Hall–Kier alpha value is -2.13. The van der Waals surface area contributed by atoms with Crippen LogP contribution in [0.1, 0.15) is 5.56 Å². The van der Waals surface area contributed by atoms with Crippen molar-refractivity contribution in [3.05, 3.63) is 58.8 Å². The Morgan fingerprint density at radius 1 is 1.00 bits per heavy atom. The average Bonchev–Trinajstić information content (AvgIpc) is 2.38. The lowest BCUT2D eigenvalue weighted by Crippen LogP contribution is -1.83. The van der Waals surface area contributed by atoms with E-state index in [-0.39, 0.29) is 5.75 Å². The highest BCUT2D eigenvalue weighted by Crippen LogP contribution is 2.31. The summed E-state index contributed by atoms with van der Waals surface area (Å²) in [6, 6.07) is 15.2. The van der Waals surface area contributed by atoms with Crippen molar-refractivity contribution >= 4 is 23.2 Å². The van der Waals surface area contributed by atoms with Gasteiger partial charge in [-0.25, -0.2) is 0 Å². The van der Waals surface area contributed by atoms with Crippen molar-refractivity contribution in [1.29, 1.82) is 0 Å². The van der Waals surface area contributed by atoms with Gasteiger partial charge >= 0.3 is 0 Å². The fraction of sp³-hybridized carbons (Fsp3) is 0.0625. The zero-order valence-electron chi connectivity index (χ0n) is 10.4. The van der Waals surface area contributed by atoms with Gasteiger partial charge in [-0.15, -0.1) is 0 Å². The zero-order chi connectivity index (χ0) is 13.4. The Balaban J connectivity index is 2.34. The fourth-order valence-electron chi connectivity index (χ4n) is 2.12. The molecular formula is C16H12O2S. The number of aryl methyl sites for hydroxylation is 1. The Bertz CT molecular complexity index is 801. The molecule has 0 atom stereocenters. The van der Waals surface area contributed by atoms with E-state index in [1.54, 1.807) is 12.1 Å². The van der Waals surface area contributed by atoms with Crippen LogP contribution in [0.15, 0.2) is 52.9 Å². The molecule has 2 aromatic carbocycles. The van der Waals surface area contributed by atoms with Crippen LogP contribution in [-0.4, -0.2) is 5.11 Å². The Morgan fingerprint density at radius 2 is 1.74 bits per heavy atom. The minimum absolute atomic E-state index is 0.173. The molecule has 0 saturated carbocycles. The van der Waals surface area contributed by atoms with Gasteiger partial charge in [0, 0.05) is 17.5 Å². The van der Waals surface area contributed by atoms with E-state index in [0.717, 1.165) is 16.5 Å². The van der Waals surface area contributed by atoms with Crippen LogP contribution in [0.25, 0.3) is 22.1 Å². The van der Waals surface area contributed by atoms with Crippen molar-refractivity contribution in [2.24, 2.45) is 0 Å². The summed E-state index contributed by atoms with van der Waals surface area (Å²) in [5.74, 6) is 0.173. The summed E-state index contributed by atoms with van der Waals surface area (Å²) in [5, 5.41) is 10.5. The number of phenols is 1. The number of aromatic hydroxyl groups is 1. The van der Waals surface area contributed by atoms with Gasteiger partial charge in [0.25, 0.3) is 0 Å². The third kappa shape index (κ3) is 2.25. The summed E-state index contributed by atoms with van der Waals surface area (Å²) in [7, 11) is 0. The van der Waals surface area contributed by atoms with Gasteiger partial charge < -0.3 is 9.52 Å². The van der Waals surface area contributed by atoms with E-state index >= 15 is 0 Å². The number of fused-ring (bicyclic) bond motifs is 1. The van der Waals surface area contributed by atoms with Gasteiger partial charge in [0.05, 0.1) is 0 Å². The number of hydrogen-bond acceptors (Lipinski definition) is 3. The molecule has 19 heavy (non-hydrogen) atoms. The molecule has 0 aliphatic rings. The van der Waals surface area contributed by atoms with Crippen LogP contribution in [0, 0.1) is 11.6 Å². The molecule has 1 heterocycles. The minimum Gasteiger partial charge on any atom is -0.508 e. The van der Waals surface area contributed by atoms with Crippen LogP contribution >= 0.6 is 12.2 Å². The van der Waals surface area contributed by atoms with Crippen molar-refractivity contribution in [2.75, 3.05) is 0 Å². The van der Waals surface area contributed by atoms with E-state index in [1.807, 2.05) is 12.1 Å². The summed E-state index contributed by atoms with van der Waals surface area (Å²) >= 11 is 5.15. The maximum atomic E-state index is 9.52. The zero-order valence-corrected chi connectivity index (χ0v) is 11.2. The van der Waals surface area contributed by atoms with Crippen molar-refractivity contribution < 1.29 is 9.52 Å². The SMILES string of the molecule is Cc1ccc(-c2cc(=S)oc3cc(O)ccc23)cc1. The molecule has 3 rings (SSSR count). The first-order chi connectivity index (χ1) is 9.13. The highest BCUT2D eigenvalue weighted by atomic mass is 32.1. The van der Waals surface area contributed by atoms with Gasteiger partial charge in [0.2, 0.25) is 0 Å². The molecule has 0 aliphatic carbocycles. The maximum Gasteiger partial charge on any atom is 0.191 e. The lowest BCUT2D eigenvalue weighted by atomic mass is 10.0. The van der Waals surface area contributed by atoms with Crippen LogP contribution in [0.2, 0.25) is 0 Å². The van der Waals surface area contributed by atoms with E-state index in [9.17, 15) is 5.11 Å². The predicted molar refractivity (Wildman–Crippen MR) is 78.9 cm³/mol. The Morgan fingerprint density at radius 3 is 2.47 bits per heavy atom. The smallest absolute Gasteiger partial charge is 0.191 e. The van der Waals surface area contributed by atoms with Crippen LogP contribution in [0.4, 0.5) is 0 Å². The Kier molecular flexibility index (Phi) is 2.84. The molecule has 0 radical (unpaired) electrons. The lowest BCUT2D eigenvalue weighted by Gasteiger charge is -2.07. The third-order valence-electron chi connectivity index (χ3n) is 3.09. The number of hydrogen-bond donors (Lipinski definition) is 1. The average molecular weight is 268 g/mol. The normalized spacial score (nSPS) is 10.8. The van der Waals surface area contributed by atoms with Gasteiger partial charge in [-0.05, 0) is 42.4 Å². The molecular weight excluding hydrogens is 256 g/mol. The van der Waals surface area contributed by atoms with E-state index in [1.165, 1.54) is 5.56 Å². The lowest BCUT2D eigenvalue weighted by molar-refractivity contribution is 0.474. The number of benzene rings is 2. The largest absolute Gasteiger partial charge is 0.508 e. The van der Waals surface area contributed by atoms with E-state index in [4.69, 9.17) is 16.6 Å². The molecule has 1 N–H and O–H groups in total. The topological polar surface area (TPSA) is 33.4 Å². The highest BCUT2D eigenvalue weighted by molar-refractivity contribution is 7.71.